The summed E-state index contributed by atoms with van der Waals surface area (Å²) in [6.45, 7) is 9.67. The minimum absolute atomic E-state index is 0.242. The molecule has 0 radical (unpaired) electrons. The largest absolute Gasteiger partial charge is 0.480 e. The van der Waals surface area contributed by atoms with Crippen LogP contribution in [0, 0.1) is 5.41 Å². The molecule has 2 aromatic rings. The van der Waals surface area contributed by atoms with Crippen LogP contribution in [0.15, 0.2) is 11.6 Å². The Kier molecular flexibility index (Phi) is 3.64. The highest BCUT2D eigenvalue weighted by atomic mass is 32.1. The maximum atomic E-state index is 5.34. The van der Waals surface area contributed by atoms with E-state index < -0.39 is 0 Å². The standard InChI is InChI=1S/C13H21N3OS/c1-9(13(2,3)4)14-8-10-11(17-5)15-12-16(10)6-7-18-12/h6-7,9,14H,8H2,1-5H3. The molecule has 0 fully saturated rings. The van der Waals surface area contributed by atoms with E-state index in [1.165, 1.54) is 0 Å². The van der Waals surface area contributed by atoms with Gasteiger partial charge in [-0.1, -0.05) is 20.8 Å². The van der Waals surface area contributed by atoms with Gasteiger partial charge in [-0.3, -0.25) is 4.40 Å². The highest BCUT2D eigenvalue weighted by Crippen LogP contribution is 2.24. The second kappa shape index (κ2) is 4.90. The Morgan fingerprint density at radius 3 is 2.83 bits per heavy atom. The van der Waals surface area contributed by atoms with Crippen molar-refractivity contribution in [3.63, 3.8) is 0 Å². The van der Waals surface area contributed by atoms with Crippen LogP contribution in [0.1, 0.15) is 33.4 Å². The lowest BCUT2D eigenvalue weighted by molar-refractivity contribution is 0.282. The van der Waals surface area contributed by atoms with Gasteiger partial charge in [-0.15, -0.1) is 11.3 Å². The highest BCUT2D eigenvalue weighted by Gasteiger charge is 2.21. The molecule has 2 rings (SSSR count). The van der Waals surface area contributed by atoms with Crippen molar-refractivity contribution in [2.45, 2.75) is 40.3 Å². The van der Waals surface area contributed by atoms with Crippen molar-refractivity contribution < 1.29 is 4.74 Å². The van der Waals surface area contributed by atoms with E-state index >= 15 is 0 Å². The van der Waals surface area contributed by atoms with Crippen LogP contribution >= 0.6 is 11.3 Å². The number of aromatic nitrogens is 2. The molecule has 0 spiro atoms. The fourth-order valence-electron chi connectivity index (χ4n) is 1.69. The Bertz CT molecular complexity index is 524. The van der Waals surface area contributed by atoms with Crippen molar-refractivity contribution in [3.8, 4) is 5.88 Å². The molecule has 0 saturated carbocycles. The number of hydrogen-bond donors (Lipinski definition) is 1. The number of rotatable bonds is 4. The van der Waals surface area contributed by atoms with E-state index in [-0.39, 0.29) is 5.41 Å². The van der Waals surface area contributed by atoms with Crippen LogP contribution in [-0.4, -0.2) is 22.5 Å². The van der Waals surface area contributed by atoms with E-state index in [0.717, 1.165) is 23.1 Å². The average Bonchev–Trinajstić information content (AvgIpc) is 2.84. The molecule has 1 N–H and O–H groups in total. The molecule has 4 nitrogen and oxygen atoms in total. The van der Waals surface area contributed by atoms with Gasteiger partial charge in [-0.25, -0.2) is 0 Å². The molecule has 2 heterocycles. The molecule has 5 heteroatoms. The third kappa shape index (κ3) is 2.52. The van der Waals surface area contributed by atoms with Gasteiger partial charge in [-0.05, 0) is 12.3 Å². The highest BCUT2D eigenvalue weighted by molar-refractivity contribution is 7.15. The summed E-state index contributed by atoms with van der Waals surface area (Å²) in [4.78, 5) is 5.43. The van der Waals surface area contributed by atoms with Crippen LogP contribution in [0.4, 0.5) is 0 Å². The fourth-order valence-corrected chi connectivity index (χ4v) is 2.42. The maximum Gasteiger partial charge on any atom is 0.237 e. The molecule has 18 heavy (non-hydrogen) atoms. The molecular formula is C13H21N3OS. The van der Waals surface area contributed by atoms with Gasteiger partial charge < -0.3 is 10.1 Å². The van der Waals surface area contributed by atoms with Crippen molar-refractivity contribution in [1.29, 1.82) is 0 Å². The topological polar surface area (TPSA) is 38.6 Å². The lowest BCUT2D eigenvalue weighted by Gasteiger charge is -2.28. The average molecular weight is 267 g/mol. The minimum atomic E-state index is 0.242. The second-order valence-corrected chi connectivity index (χ2v) is 6.46. The summed E-state index contributed by atoms with van der Waals surface area (Å²) < 4.78 is 7.43. The number of methoxy groups -OCH3 is 1. The van der Waals surface area contributed by atoms with Crippen molar-refractivity contribution >= 4 is 16.3 Å². The number of hydrogen-bond acceptors (Lipinski definition) is 4. The molecule has 0 bridgehead atoms. The number of nitrogens with zero attached hydrogens (tertiary/aromatic N) is 2. The zero-order valence-electron chi connectivity index (χ0n) is 11.7. The third-order valence-corrected chi connectivity index (χ3v) is 4.15. The van der Waals surface area contributed by atoms with Gasteiger partial charge in [-0.2, -0.15) is 4.98 Å². The first-order valence-electron chi connectivity index (χ1n) is 6.15. The van der Waals surface area contributed by atoms with Crippen LogP contribution in [0.5, 0.6) is 5.88 Å². The van der Waals surface area contributed by atoms with Gasteiger partial charge in [0.05, 0.1) is 7.11 Å². The van der Waals surface area contributed by atoms with E-state index in [1.807, 2.05) is 11.6 Å². The summed E-state index contributed by atoms with van der Waals surface area (Å²) in [6.07, 6.45) is 2.04. The molecule has 1 unspecified atom stereocenters. The Hall–Kier alpha value is -1.07. The Morgan fingerprint density at radius 1 is 1.50 bits per heavy atom. The quantitative estimate of drug-likeness (QED) is 0.925. The summed E-state index contributed by atoms with van der Waals surface area (Å²) in [6, 6.07) is 0.423. The maximum absolute atomic E-state index is 5.34. The molecule has 0 aliphatic heterocycles. The third-order valence-electron chi connectivity index (χ3n) is 3.39. The first kappa shape index (κ1) is 13.4. The van der Waals surface area contributed by atoms with Crippen molar-refractivity contribution in [3.05, 3.63) is 17.3 Å². The summed E-state index contributed by atoms with van der Waals surface area (Å²) in [5, 5.41) is 5.59. The lowest BCUT2D eigenvalue weighted by Crippen LogP contribution is -2.37. The van der Waals surface area contributed by atoms with Gasteiger partial charge in [0.1, 0.15) is 5.69 Å². The summed E-state index contributed by atoms with van der Waals surface area (Å²) in [5.74, 6) is 0.718. The normalized spacial score (nSPS) is 14.1. The van der Waals surface area contributed by atoms with Crippen molar-refractivity contribution in [2.24, 2.45) is 5.41 Å². The molecule has 0 saturated heterocycles. The molecule has 0 aromatic carbocycles. The zero-order valence-corrected chi connectivity index (χ0v) is 12.5. The van der Waals surface area contributed by atoms with Crippen LogP contribution in [0.2, 0.25) is 0 Å². The SMILES string of the molecule is COc1nc2sccn2c1CNC(C)C(C)(C)C. The van der Waals surface area contributed by atoms with Crippen LogP contribution in [0.3, 0.4) is 0 Å². The number of thiazole rings is 1. The predicted molar refractivity (Wildman–Crippen MR) is 75.4 cm³/mol. The molecule has 2 aromatic heterocycles. The lowest BCUT2D eigenvalue weighted by atomic mass is 9.88. The predicted octanol–water partition coefficient (Wildman–Crippen LogP) is 2.93. The first-order valence-corrected chi connectivity index (χ1v) is 7.03. The van der Waals surface area contributed by atoms with Crippen LogP contribution < -0.4 is 10.1 Å². The van der Waals surface area contributed by atoms with Crippen LogP contribution in [0.25, 0.3) is 4.96 Å². The number of fused-ring (bicyclic) bond motifs is 1. The molecule has 0 aliphatic rings. The van der Waals surface area contributed by atoms with Gasteiger partial charge in [0.25, 0.3) is 0 Å². The van der Waals surface area contributed by atoms with Crippen molar-refractivity contribution in [2.75, 3.05) is 7.11 Å². The smallest absolute Gasteiger partial charge is 0.237 e. The van der Waals surface area contributed by atoms with Crippen LogP contribution in [-0.2, 0) is 6.54 Å². The molecule has 1 atom stereocenters. The van der Waals surface area contributed by atoms with E-state index in [9.17, 15) is 0 Å². The molecule has 0 amide bonds. The van der Waals surface area contributed by atoms with Gasteiger partial charge in [0.15, 0.2) is 4.96 Å². The second-order valence-electron chi connectivity index (χ2n) is 5.59. The monoisotopic (exact) mass is 267 g/mol. The Morgan fingerprint density at radius 2 is 2.22 bits per heavy atom. The van der Waals surface area contributed by atoms with E-state index in [2.05, 4.69) is 42.4 Å². The fraction of sp³-hybridized carbons (Fsp3) is 0.615. The van der Waals surface area contributed by atoms with E-state index in [1.54, 1.807) is 18.4 Å². The number of imidazole rings is 1. The Balaban J connectivity index is 2.18. The minimum Gasteiger partial charge on any atom is -0.480 e. The van der Waals surface area contributed by atoms with E-state index in [0.29, 0.717) is 6.04 Å². The zero-order chi connectivity index (χ0) is 13.3. The van der Waals surface area contributed by atoms with Gasteiger partial charge in [0.2, 0.25) is 5.88 Å². The Labute approximate surface area is 112 Å². The number of ether oxygens (including phenoxy) is 1. The summed E-state index contributed by atoms with van der Waals surface area (Å²) >= 11 is 1.62. The van der Waals surface area contributed by atoms with Gasteiger partial charge in [0, 0.05) is 24.2 Å². The first-order chi connectivity index (χ1) is 8.43. The van der Waals surface area contributed by atoms with Crippen molar-refractivity contribution in [1.82, 2.24) is 14.7 Å². The summed E-state index contributed by atoms with van der Waals surface area (Å²) in [5.41, 5.74) is 1.33. The van der Waals surface area contributed by atoms with Gasteiger partial charge >= 0.3 is 0 Å². The molecular weight excluding hydrogens is 246 g/mol. The van der Waals surface area contributed by atoms with E-state index in [4.69, 9.17) is 4.74 Å². The summed E-state index contributed by atoms with van der Waals surface area (Å²) in [7, 11) is 1.67. The molecule has 0 aliphatic carbocycles. The molecule has 100 valence electrons. The number of nitrogens with one attached hydrogen (secondary N) is 1.